The standard InChI is InChI=1S/C11H11N5O3/c1-7(17)19-9-4-2-3-8(5-9)14-11(18)15-10-12-6-13-16-10/h2-6H,1H3,(H3,12,13,14,15,16,18). The highest BCUT2D eigenvalue weighted by molar-refractivity contribution is 5.98. The van der Waals surface area contributed by atoms with E-state index in [9.17, 15) is 9.59 Å². The number of carbonyl (C=O) groups is 2. The molecule has 8 heteroatoms. The number of hydrogen-bond acceptors (Lipinski definition) is 5. The van der Waals surface area contributed by atoms with Crippen LogP contribution in [0.1, 0.15) is 6.92 Å². The molecular weight excluding hydrogens is 250 g/mol. The van der Waals surface area contributed by atoms with Gasteiger partial charge in [-0.25, -0.2) is 9.89 Å². The van der Waals surface area contributed by atoms with Crippen LogP contribution in [-0.2, 0) is 4.79 Å². The lowest BCUT2D eigenvalue weighted by molar-refractivity contribution is -0.131. The van der Waals surface area contributed by atoms with Crippen LogP contribution in [0.25, 0.3) is 0 Å². The van der Waals surface area contributed by atoms with Crippen LogP contribution in [0.3, 0.4) is 0 Å². The second-order valence-corrected chi connectivity index (χ2v) is 3.53. The molecule has 0 aliphatic heterocycles. The summed E-state index contributed by atoms with van der Waals surface area (Å²) in [4.78, 5) is 26.2. The Morgan fingerprint density at radius 2 is 2.16 bits per heavy atom. The molecule has 0 saturated heterocycles. The Labute approximate surface area is 108 Å². The van der Waals surface area contributed by atoms with Gasteiger partial charge in [0.15, 0.2) is 0 Å². The maximum Gasteiger partial charge on any atom is 0.326 e. The number of carbonyl (C=O) groups excluding carboxylic acids is 2. The fraction of sp³-hybridized carbons (Fsp3) is 0.0909. The van der Waals surface area contributed by atoms with Crippen LogP contribution in [0.2, 0.25) is 0 Å². The first-order valence-corrected chi connectivity index (χ1v) is 5.35. The first-order chi connectivity index (χ1) is 9.13. The number of amides is 2. The van der Waals surface area contributed by atoms with E-state index in [1.54, 1.807) is 18.2 Å². The summed E-state index contributed by atoms with van der Waals surface area (Å²) in [6.07, 6.45) is 1.27. The molecule has 8 nitrogen and oxygen atoms in total. The molecule has 0 unspecified atom stereocenters. The van der Waals surface area contributed by atoms with Crippen molar-refractivity contribution in [3.05, 3.63) is 30.6 Å². The zero-order valence-corrected chi connectivity index (χ0v) is 10.0. The first-order valence-electron chi connectivity index (χ1n) is 5.35. The number of nitrogens with zero attached hydrogens (tertiary/aromatic N) is 2. The van der Waals surface area contributed by atoms with E-state index in [0.717, 1.165) is 0 Å². The maximum absolute atomic E-state index is 11.6. The van der Waals surface area contributed by atoms with Crippen LogP contribution < -0.4 is 15.4 Å². The summed E-state index contributed by atoms with van der Waals surface area (Å²) in [7, 11) is 0. The highest BCUT2D eigenvalue weighted by Gasteiger charge is 2.05. The SMILES string of the molecule is CC(=O)Oc1cccc(NC(=O)Nc2ncn[nH]2)c1. The minimum absolute atomic E-state index is 0.230. The van der Waals surface area contributed by atoms with Gasteiger partial charge in [0.2, 0.25) is 5.95 Å². The van der Waals surface area contributed by atoms with Gasteiger partial charge in [0.1, 0.15) is 12.1 Å². The molecule has 0 radical (unpaired) electrons. The highest BCUT2D eigenvalue weighted by atomic mass is 16.5. The van der Waals surface area contributed by atoms with Crippen molar-refractivity contribution in [2.45, 2.75) is 6.92 Å². The molecule has 0 aliphatic carbocycles. The summed E-state index contributed by atoms with van der Waals surface area (Å²) in [5.74, 6) is 0.155. The molecular formula is C11H11N5O3. The minimum atomic E-state index is -0.489. The number of esters is 1. The largest absolute Gasteiger partial charge is 0.427 e. The lowest BCUT2D eigenvalue weighted by atomic mass is 10.3. The lowest BCUT2D eigenvalue weighted by Crippen LogP contribution is -2.20. The number of aromatic amines is 1. The average Bonchev–Trinajstić information content (AvgIpc) is 2.81. The quantitative estimate of drug-likeness (QED) is 0.571. The smallest absolute Gasteiger partial charge is 0.326 e. The van der Waals surface area contributed by atoms with Crippen molar-refractivity contribution in [1.82, 2.24) is 15.2 Å². The molecule has 2 amide bonds. The number of benzene rings is 1. The molecule has 1 aromatic carbocycles. The van der Waals surface area contributed by atoms with Crippen LogP contribution in [0.4, 0.5) is 16.4 Å². The first kappa shape index (κ1) is 12.6. The van der Waals surface area contributed by atoms with Gasteiger partial charge in [-0.3, -0.25) is 10.1 Å². The van der Waals surface area contributed by atoms with Gasteiger partial charge < -0.3 is 10.1 Å². The third kappa shape index (κ3) is 3.80. The van der Waals surface area contributed by atoms with Gasteiger partial charge >= 0.3 is 12.0 Å². The van der Waals surface area contributed by atoms with Crippen molar-refractivity contribution in [3.8, 4) is 5.75 Å². The molecule has 0 aliphatic rings. The van der Waals surface area contributed by atoms with Crippen molar-refractivity contribution in [1.29, 1.82) is 0 Å². The third-order valence-electron chi connectivity index (χ3n) is 2.00. The lowest BCUT2D eigenvalue weighted by Gasteiger charge is -2.07. The van der Waals surface area contributed by atoms with Crippen molar-refractivity contribution in [2.75, 3.05) is 10.6 Å². The van der Waals surface area contributed by atoms with Crippen LogP contribution in [0, 0.1) is 0 Å². The Kier molecular flexibility index (Phi) is 3.72. The van der Waals surface area contributed by atoms with Crippen LogP contribution in [0.5, 0.6) is 5.75 Å². The maximum atomic E-state index is 11.6. The monoisotopic (exact) mass is 261 g/mol. The molecule has 0 bridgehead atoms. The van der Waals surface area contributed by atoms with Crippen molar-refractivity contribution >= 4 is 23.6 Å². The van der Waals surface area contributed by atoms with Gasteiger partial charge in [0.05, 0.1) is 0 Å². The van der Waals surface area contributed by atoms with Gasteiger partial charge in [0, 0.05) is 18.7 Å². The molecule has 19 heavy (non-hydrogen) atoms. The van der Waals surface area contributed by atoms with E-state index < -0.39 is 12.0 Å². The Morgan fingerprint density at radius 1 is 1.32 bits per heavy atom. The summed E-state index contributed by atoms with van der Waals surface area (Å²) in [6.45, 7) is 1.30. The third-order valence-corrected chi connectivity index (χ3v) is 2.00. The number of nitrogens with one attached hydrogen (secondary N) is 3. The molecule has 98 valence electrons. The second kappa shape index (κ2) is 5.63. The Morgan fingerprint density at radius 3 is 2.84 bits per heavy atom. The zero-order valence-electron chi connectivity index (χ0n) is 10.0. The van der Waals surface area contributed by atoms with Crippen molar-refractivity contribution < 1.29 is 14.3 Å². The van der Waals surface area contributed by atoms with Gasteiger partial charge in [0.25, 0.3) is 0 Å². The number of aromatic nitrogens is 3. The molecule has 0 spiro atoms. The van der Waals surface area contributed by atoms with Crippen LogP contribution in [0.15, 0.2) is 30.6 Å². The fourth-order valence-electron chi connectivity index (χ4n) is 1.34. The van der Waals surface area contributed by atoms with E-state index in [0.29, 0.717) is 11.4 Å². The molecule has 3 N–H and O–H groups in total. The molecule has 1 heterocycles. The summed E-state index contributed by atoms with van der Waals surface area (Å²) in [5.41, 5.74) is 0.482. The van der Waals surface area contributed by atoms with E-state index in [1.165, 1.54) is 19.3 Å². The summed E-state index contributed by atoms with van der Waals surface area (Å²) in [6, 6.07) is 5.97. The number of urea groups is 1. The topological polar surface area (TPSA) is 109 Å². The number of anilines is 2. The predicted octanol–water partition coefficient (Wildman–Crippen LogP) is 1.37. The van der Waals surface area contributed by atoms with Gasteiger partial charge in [-0.15, -0.1) is 0 Å². The van der Waals surface area contributed by atoms with Gasteiger partial charge in [-0.2, -0.15) is 10.1 Å². The Bertz CT molecular complexity index is 582. The number of rotatable bonds is 3. The van der Waals surface area contributed by atoms with Crippen LogP contribution in [-0.4, -0.2) is 27.2 Å². The van der Waals surface area contributed by atoms with E-state index in [-0.39, 0.29) is 5.95 Å². The molecule has 0 saturated carbocycles. The molecule has 1 aromatic heterocycles. The average molecular weight is 261 g/mol. The van der Waals surface area contributed by atoms with E-state index in [2.05, 4.69) is 25.8 Å². The molecule has 2 aromatic rings. The number of ether oxygens (including phenoxy) is 1. The highest BCUT2D eigenvalue weighted by Crippen LogP contribution is 2.17. The van der Waals surface area contributed by atoms with Gasteiger partial charge in [-0.05, 0) is 12.1 Å². The van der Waals surface area contributed by atoms with Crippen molar-refractivity contribution in [3.63, 3.8) is 0 Å². The van der Waals surface area contributed by atoms with Crippen molar-refractivity contribution in [2.24, 2.45) is 0 Å². The minimum Gasteiger partial charge on any atom is -0.427 e. The Hall–Kier alpha value is -2.90. The molecule has 2 rings (SSSR count). The summed E-state index contributed by atoms with van der Waals surface area (Å²) in [5, 5.41) is 11.1. The predicted molar refractivity (Wildman–Crippen MR) is 66.8 cm³/mol. The second-order valence-electron chi connectivity index (χ2n) is 3.53. The van der Waals surface area contributed by atoms with E-state index in [1.807, 2.05) is 0 Å². The fourth-order valence-corrected chi connectivity index (χ4v) is 1.34. The number of H-pyrrole nitrogens is 1. The number of hydrogen-bond donors (Lipinski definition) is 3. The van der Waals surface area contributed by atoms with E-state index in [4.69, 9.17) is 4.74 Å². The molecule has 0 fully saturated rings. The Balaban J connectivity index is 1.98. The zero-order chi connectivity index (χ0) is 13.7. The van der Waals surface area contributed by atoms with Crippen LogP contribution >= 0.6 is 0 Å². The summed E-state index contributed by atoms with van der Waals surface area (Å²) >= 11 is 0. The summed E-state index contributed by atoms with van der Waals surface area (Å²) < 4.78 is 4.90. The van der Waals surface area contributed by atoms with Gasteiger partial charge in [-0.1, -0.05) is 6.07 Å². The van der Waals surface area contributed by atoms with E-state index >= 15 is 0 Å². The molecule has 0 atom stereocenters. The normalized spacial score (nSPS) is 9.74.